The summed E-state index contributed by atoms with van der Waals surface area (Å²) in [4.78, 5) is 26.9. The van der Waals surface area contributed by atoms with Gasteiger partial charge in [0.15, 0.2) is 6.61 Å². The quantitative estimate of drug-likeness (QED) is 0.396. The molecule has 0 aliphatic rings. The zero-order valence-corrected chi connectivity index (χ0v) is 13.6. The molecule has 0 saturated carbocycles. The molecule has 0 aliphatic heterocycles. The number of rotatable bonds is 6. The number of phenolic OH excluding ortho intramolecular Hbond substituents is 1. The van der Waals surface area contributed by atoms with Gasteiger partial charge in [-0.3, -0.25) is 4.79 Å². The average Bonchev–Trinajstić information content (AvgIpc) is 3.20. The fraction of sp³-hybridized carbons (Fsp3) is 0.0526. The van der Waals surface area contributed by atoms with Crippen molar-refractivity contribution < 1.29 is 19.4 Å². The number of aromatic hydroxyl groups is 1. The van der Waals surface area contributed by atoms with Gasteiger partial charge in [-0.2, -0.15) is 5.11 Å². The molecule has 3 rings (SSSR count). The number of aromatic nitrogens is 1. The first-order valence-electron chi connectivity index (χ1n) is 7.77. The molecule has 7 nitrogen and oxygen atoms in total. The predicted octanol–water partition coefficient (Wildman–Crippen LogP) is 4.18. The molecule has 0 aliphatic carbocycles. The Morgan fingerprint density at radius 2 is 1.73 bits per heavy atom. The van der Waals surface area contributed by atoms with E-state index in [0.29, 0.717) is 17.1 Å². The van der Waals surface area contributed by atoms with Crippen molar-refractivity contribution in [2.24, 2.45) is 10.2 Å². The summed E-state index contributed by atoms with van der Waals surface area (Å²) in [6.45, 7) is -0.372. The lowest BCUT2D eigenvalue weighted by atomic mass is 10.2. The van der Waals surface area contributed by atoms with Gasteiger partial charge in [0.1, 0.15) is 11.4 Å². The van der Waals surface area contributed by atoms with Gasteiger partial charge in [-0.15, -0.1) is 5.11 Å². The SMILES string of the molecule is O=C(COC(=O)c1ccccc1N=Nc1ccc(O)cc1)c1ccc[nH]1. The molecule has 0 unspecified atom stereocenters. The number of nitrogens with one attached hydrogen (secondary N) is 1. The van der Waals surface area contributed by atoms with Gasteiger partial charge in [0.25, 0.3) is 0 Å². The Hall–Kier alpha value is -3.74. The third-order valence-electron chi connectivity index (χ3n) is 3.48. The molecule has 3 aromatic rings. The number of esters is 1. The van der Waals surface area contributed by atoms with Crippen LogP contribution in [0.4, 0.5) is 11.4 Å². The average molecular weight is 349 g/mol. The van der Waals surface area contributed by atoms with Gasteiger partial charge in [-0.05, 0) is 48.5 Å². The molecule has 2 aromatic carbocycles. The summed E-state index contributed by atoms with van der Waals surface area (Å²) < 4.78 is 5.08. The van der Waals surface area contributed by atoms with Crippen LogP contribution in [0.1, 0.15) is 20.8 Å². The molecule has 26 heavy (non-hydrogen) atoms. The summed E-state index contributed by atoms with van der Waals surface area (Å²) >= 11 is 0. The van der Waals surface area contributed by atoms with Crippen molar-refractivity contribution in [3.63, 3.8) is 0 Å². The number of benzene rings is 2. The van der Waals surface area contributed by atoms with Crippen LogP contribution >= 0.6 is 0 Å². The summed E-state index contributed by atoms with van der Waals surface area (Å²) in [7, 11) is 0. The smallest absolute Gasteiger partial charge is 0.340 e. The first-order chi connectivity index (χ1) is 12.6. The Bertz CT molecular complexity index is 932. The summed E-state index contributed by atoms with van der Waals surface area (Å²) in [6.07, 6.45) is 1.62. The van der Waals surface area contributed by atoms with E-state index in [1.807, 2.05) is 0 Å². The van der Waals surface area contributed by atoms with Crippen LogP contribution in [-0.4, -0.2) is 28.4 Å². The Morgan fingerprint density at radius 3 is 2.46 bits per heavy atom. The van der Waals surface area contributed by atoms with E-state index in [-0.39, 0.29) is 23.7 Å². The zero-order chi connectivity index (χ0) is 18.4. The Morgan fingerprint density at radius 1 is 0.962 bits per heavy atom. The highest BCUT2D eigenvalue weighted by Gasteiger charge is 2.15. The highest BCUT2D eigenvalue weighted by Crippen LogP contribution is 2.24. The van der Waals surface area contributed by atoms with Crippen LogP contribution in [0.3, 0.4) is 0 Å². The number of nitrogens with zero attached hydrogens (tertiary/aromatic N) is 2. The Balaban J connectivity index is 1.70. The lowest BCUT2D eigenvalue weighted by molar-refractivity contribution is 0.0474. The molecule has 1 heterocycles. The summed E-state index contributed by atoms with van der Waals surface area (Å²) in [6, 6.07) is 16.0. The first-order valence-corrected chi connectivity index (χ1v) is 7.77. The normalized spacial score (nSPS) is 10.8. The molecule has 1 aromatic heterocycles. The minimum atomic E-state index is -0.662. The maximum absolute atomic E-state index is 12.3. The monoisotopic (exact) mass is 349 g/mol. The first kappa shape index (κ1) is 17.1. The molecule has 0 fully saturated rings. The topological polar surface area (TPSA) is 104 Å². The van der Waals surface area contributed by atoms with E-state index in [4.69, 9.17) is 4.74 Å². The number of H-pyrrole nitrogens is 1. The third kappa shape index (κ3) is 4.21. The van der Waals surface area contributed by atoms with E-state index in [0.717, 1.165) is 0 Å². The molecule has 0 bridgehead atoms. The van der Waals surface area contributed by atoms with Gasteiger partial charge in [0, 0.05) is 6.20 Å². The van der Waals surface area contributed by atoms with E-state index >= 15 is 0 Å². The second-order valence-electron chi connectivity index (χ2n) is 5.32. The largest absolute Gasteiger partial charge is 0.508 e. The van der Waals surface area contributed by atoms with Crippen molar-refractivity contribution in [3.05, 3.63) is 78.1 Å². The van der Waals surface area contributed by atoms with E-state index < -0.39 is 5.97 Å². The minimum absolute atomic E-state index is 0.125. The van der Waals surface area contributed by atoms with Crippen molar-refractivity contribution in [3.8, 4) is 5.75 Å². The van der Waals surface area contributed by atoms with Crippen molar-refractivity contribution in [2.75, 3.05) is 6.61 Å². The summed E-state index contributed by atoms with van der Waals surface area (Å²) in [5, 5.41) is 17.4. The van der Waals surface area contributed by atoms with Crippen LogP contribution in [0.25, 0.3) is 0 Å². The molecule has 2 N–H and O–H groups in total. The minimum Gasteiger partial charge on any atom is -0.508 e. The van der Waals surface area contributed by atoms with Crippen molar-refractivity contribution in [1.82, 2.24) is 4.98 Å². The molecule has 130 valence electrons. The zero-order valence-electron chi connectivity index (χ0n) is 13.6. The number of ketones is 1. The number of Topliss-reactive ketones (excluding diaryl/α,β-unsaturated/α-hetero) is 1. The fourth-order valence-electron chi connectivity index (χ4n) is 2.15. The molecule has 7 heteroatoms. The lowest BCUT2D eigenvalue weighted by Gasteiger charge is -2.05. The van der Waals surface area contributed by atoms with Gasteiger partial charge in [-0.1, -0.05) is 12.1 Å². The fourth-order valence-corrected chi connectivity index (χ4v) is 2.15. The molecular weight excluding hydrogens is 334 g/mol. The summed E-state index contributed by atoms with van der Waals surface area (Å²) in [5.41, 5.74) is 1.42. The van der Waals surface area contributed by atoms with Crippen LogP contribution in [-0.2, 0) is 4.74 Å². The van der Waals surface area contributed by atoms with Crippen molar-refractivity contribution in [2.45, 2.75) is 0 Å². The highest BCUT2D eigenvalue weighted by atomic mass is 16.5. The second-order valence-corrected chi connectivity index (χ2v) is 5.32. The molecule has 0 radical (unpaired) electrons. The van der Waals surface area contributed by atoms with Gasteiger partial charge >= 0.3 is 5.97 Å². The number of carbonyl (C=O) groups excluding carboxylic acids is 2. The molecular formula is C19H15N3O4. The van der Waals surface area contributed by atoms with Crippen LogP contribution in [0.15, 0.2) is 77.1 Å². The number of hydrogen-bond acceptors (Lipinski definition) is 6. The second kappa shape index (κ2) is 7.89. The predicted molar refractivity (Wildman–Crippen MR) is 94.1 cm³/mol. The van der Waals surface area contributed by atoms with Gasteiger partial charge in [0.05, 0.1) is 16.9 Å². The maximum atomic E-state index is 12.3. The van der Waals surface area contributed by atoms with Gasteiger partial charge < -0.3 is 14.8 Å². The Labute approximate surface area is 149 Å². The van der Waals surface area contributed by atoms with Crippen LogP contribution in [0.5, 0.6) is 5.75 Å². The van der Waals surface area contributed by atoms with Gasteiger partial charge in [0.2, 0.25) is 5.78 Å². The molecule has 0 amide bonds. The third-order valence-corrected chi connectivity index (χ3v) is 3.48. The summed E-state index contributed by atoms with van der Waals surface area (Å²) in [5.74, 6) is -0.864. The maximum Gasteiger partial charge on any atom is 0.340 e. The Kier molecular flexibility index (Phi) is 5.19. The highest BCUT2D eigenvalue weighted by molar-refractivity contribution is 5.99. The van der Waals surface area contributed by atoms with E-state index in [1.165, 1.54) is 12.1 Å². The number of hydrogen-bond donors (Lipinski definition) is 2. The lowest BCUT2D eigenvalue weighted by Crippen LogP contribution is -2.14. The molecule has 0 atom stereocenters. The number of carbonyl (C=O) groups is 2. The number of ether oxygens (including phenoxy) is 1. The van der Waals surface area contributed by atoms with Crippen molar-refractivity contribution in [1.29, 1.82) is 0 Å². The van der Waals surface area contributed by atoms with E-state index in [1.54, 1.807) is 54.7 Å². The van der Waals surface area contributed by atoms with Crippen LogP contribution in [0.2, 0.25) is 0 Å². The number of azo groups is 1. The molecule has 0 spiro atoms. The van der Waals surface area contributed by atoms with Crippen LogP contribution < -0.4 is 0 Å². The number of aromatic amines is 1. The van der Waals surface area contributed by atoms with Crippen LogP contribution in [0, 0.1) is 0 Å². The van der Waals surface area contributed by atoms with E-state index in [2.05, 4.69) is 15.2 Å². The van der Waals surface area contributed by atoms with Crippen molar-refractivity contribution >= 4 is 23.1 Å². The number of phenols is 1. The molecule has 0 saturated heterocycles. The van der Waals surface area contributed by atoms with Gasteiger partial charge in [-0.25, -0.2) is 4.79 Å². The standard InChI is InChI=1S/C19H15N3O4/c23-14-9-7-13(8-10-14)21-22-16-5-2-1-4-15(16)19(25)26-12-18(24)17-6-3-11-20-17/h1-11,20,23H,12H2. The van der Waals surface area contributed by atoms with E-state index in [9.17, 15) is 14.7 Å².